The van der Waals surface area contributed by atoms with Crippen molar-refractivity contribution in [3.8, 4) is 17.1 Å². The average Bonchev–Trinajstić information content (AvgIpc) is 3.06. The first-order valence-corrected chi connectivity index (χ1v) is 7.45. The molecule has 2 aromatic rings. The minimum absolute atomic E-state index is 0.304. The van der Waals surface area contributed by atoms with Gasteiger partial charge in [-0.15, -0.1) is 0 Å². The molecule has 7 heteroatoms. The van der Waals surface area contributed by atoms with E-state index in [1.165, 1.54) is 6.08 Å². The molecule has 0 saturated carbocycles. The van der Waals surface area contributed by atoms with Crippen LogP contribution in [-0.2, 0) is 4.79 Å². The Bertz CT molecular complexity index is 797. The van der Waals surface area contributed by atoms with Crippen molar-refractivity contribution in [2.75, 3.05) is 7.11 Å². The van der Waals surface area contributed by atoms with Crippen molar-refractivity contribution in [3.05, 3.63) is 46.0 Å². The van der Waals surface area contributed by atoms with Crippen LogP contribution >= 0.6 is 23.4 Å². The van der Waals surface area contributed by atoms with E-state index in [4.69, 9.17) is 20.8 Å². The van der Waals surface area contributed by atoms with Gasteiger partial charge in [0, 0.05) is 11.6 Å². The molecule has 0 unspecified atom stereocenters. The normalized spacial score (nSPS) is 16.2. The topological polar surface area (TPSA) is 68.5 Å². The number of thioether (sulfide) groups is 1. The first-order valence-electron chi connectivity index (χ1n) is 6.25. The van der Waals surface area contributed by atoms with Gasteiger partial charge in [0.25, 0.3) is 11.1 Å². The van der Waals surface area contributed by atoms with Crippen LogP contribution in [0.25, 0.3) is 17.4 Å². The summed E-state index contributed by atoms with van der Waals surface area (Å²) in [5.74, 6) is 1.25. The van der Waals surface area contributed by atoms with Crippen molar-refractivity contribution >= 4 is 40.6 Å². The van der Waals surface area contributed by atoms with Gasteiger partial charge in [0.15, 0.2) is 0 Å². The van der Waals surface area contributed by atoms with E-state index in [1.54, 1.807) is 31.4 Å². The SMILES string of the molecule is COc1ccc(-c2ccc(/C=C3/SC(=O)NC3=O)o2)cc1Cl. The third-order valence-electron chi connectivity index (χ3n) is 2.98. The highest BCUT2D eigenvalue weighted by molar-refractivity contribution is 8.18. The van der Waals surface area contributed by atoms with Crippen LogP contribution < -0.4 is 10.1 Å². The molecule has 0 bridgehead atoms. The maximum Gasteiger partial charge on any atom is 0.290 e. The first-order chi connectivity index (χ1) is 10.6. The number of amides is 2. The number of hydrogen-bond donors (Lipinski definition) is 1. The summed E-state index contributed by atoms with van der Waals surface area (Å²) in [5, 5.41) is 2.28. The van der Waals surface area contributed by atoms with E-state index >= 15 is 0 Å². The number of hydrogen-bond acceptors (Lipinski definition) is 5. The summed E-state index contributed by atoms with van der Waals surface area (Å²) < 4.78 is 10.8. The van der Waals surface area contributed by atoms with Crippen LogP contribution in [0.15, 0.2) is 39.7 Å². The van der Waals surface area contributed by atoms with E-state index in [1.807, 2.05) is 6.07 Å². The maximum atomic E-state index is 11.5. The molecule has 1 aliphatic rings. The molecule has 5 nitrogen and oxygen atoms in total. The van der Waals surface area contributed by atoms with E-state index < -0.39 is 5.91 Å². The predicted octanol–water partition coefficient (Wildman–Crippen LogP) is 3.93. The number of rotatable bonds is 3. The van der Waals surface area contributed by atoms with Crippen LogP contribution in [0.4, 0.5) is 4.79 Å². The van der Waals surface area contributed by atoms with Crippen LogP contribution in [-0.4, -0.2) is 18.3 Å². The van der Waals surface area contributed by atoms with E-state index in [-0.39, 0.29) is 5.24 Å². The second-order valence-electron chi connectivity index (χ2n) is 4.40. The molecular formula is C15H10ClNO4S. The van der Waals surface area contributed by atoms with Crippen LogP contribution in [0.1, 0.15) is 5.76 Å². The van der Waals surface area contributed by atoms with Gasteiger partial charge in [0.05, 0.1) is 17.0 Å². The zero-order chi connectivity index (χ0) is 15.7. The number of ether oxygens (including phenoxy) is 1. The van der Waals surface area contributed by atoms with E-state index in [0.29, 0.717) is 27.2 Å². The Morgan fingerprint density at radius 3 is 2.73 bits per heavy atom. The molecule has 0 spiro atoms. The summed E-state index contributed by atoms with van der Waals surface area (Å²) >= 11 is 6.93. The highest BCUT2D eigenvalue weighted by atomic mass is 35.5. The third kappa shape index (κ3) is 2.88. The van der Waals surface area contributed by atoms with Crippen LogP contribution in [0.5, 0.6) is 5.75 Å². The first kappa shape index (κ1) is 14.7. The van der Waals surface area contributed by atoms with Crippen LogP contribution in [0.3, 0.4) is 0 Å². The summed E-state index contributed by atoms with van der Waals surface area (Å²) in [6.45, 7) is 0. The number of nitrogens with one attached hydrogen (secondary N) is 1. The van der Waals surface area contributed by atoms with Gasteiger partial charge in [0.2, 0.25) is 0 Å². The summed E-state index contributed by atoms with van der Waals surface area (Å²) in [5.41, 5.74) is 0.787. The van der Waals surface area contributed by atoms with Crippen molar-refractivity contribution in [1.29, 1.82) is 0 Å². The Kier molecular flexibility index (Phi) is 3.96. The largest absolute Gasteiger partial charge is 0.495 e. The fraction of sp³-hybridized carbons (Fsp3) is 0.0667. The van der Waals surface area contributed by atoms with Gasteiger partial charge in [-0.25, -0.2) is 0 Å². The molecule has 2 heterocycles. The number of carbonyl (C=O) groups is 2. The number of halogens is 1. The Morgan fingerprint density at radius 1 is 1.27 bits per heavy atom. The molecule has 1 fully saturated rings. The molecule has 1 saturated heterocycles. The zero-order valence-electron chi connectivity index (χ0n) is 11.4. The predicted molar refractivity (Wildman–Crippen MR) is 84.8 cm³/mol. The second-order valence-corrected chi connectivity index (χ2v) is 5.83. The Morgan fingerprint density at radius 2 is 2.09 bits per heavy atom. The van der Waals surface area contributed by atoms with Crippen LogP contribution in [0, 0.1) is 0 Å². The molecule has 1 aromatic heterocycles. The van der Waals surface area contributed by atoms with Crippen molar-refractivity contribution in [1.82, 2.24) is 5.32 Å². The van der Waals surface area contributed by atoms with Crippen molar-refractivity contribution in [3.63, 3.8) is 0 Å². The lowest BCUT2D eigenvalue weighted by molar-refractivity contribution is -0.115. The molecule has 2 amide bonds. The molecule has 112 valence electrons. The lowest BCUT2D eigenvalue weighted by atomic mass is 10.2. The Hall–Kier alpha value is -2.18. The quantitative estimate of drug-likeness (QED) is 0.861. The third-order valence-corrected chi connectivity index (χ3v) is 4.08. The zero-order valence-corrected chi connectivity index (χ0v) is 13.0. The van der Waals surface area contributed by atoms with Crippen molar-refractivity contribution < 1.29 is 18.7 Å². The van der Waals surface area contributed by atoms with Gasteiger partial charge in [0.1, 0.15) is 17.3 Å². The molecule has 0 radical (unpaired) electrons. The lowest BCUT2D eigenvalue weighted by Crippen LogP contribution is -2.17. The summed E-state index contributed by atoms with van der Waals surface area (Å²) in [4.78, 5) is 22.9. The van der Waals surface area contributed by atoms with Crippen LogP contribution in [0.2, 0.25) is 5.02 Å². The minimum atomic E-state index is -0.416. The van der Waals surface area contributed by atoms with Gasteiger partial charge in [-0.1, -0.05) is 11.6 Å². The number of benzene rings is 1. The molecule has 1 aliphatic heterocycles. The molecule has 0 atom stereocenters. The van der Waals surface area contributed by atoms with Gasteiger partial charge in [-0.2, -0.15) is 0 Å². The molecule has 1 aromatic carbocycles. The monoisotopic (exact) mass is 335 g/mol. The fourth-order valence-electron chi connectivity index (χ4n) is 1.96. The van der Waals surface area contributed by atoms with Gasteiger partial charge in [-0.3, -0.25) is 14.9 Å². The molecule has 22 heavy (non-hydrogen) atoms. The average molecular weight is 336 g/mol. The Labute approximate surface area is 135 Å². The van der Waals surface area contributed by atoms with Gasteiger partial charge < -0.3 is 9.15 Å². The maximum absolute atomic E-state index is 11.5. The number of imide groups is 1. The standard InChI is InChI=1S/C15H10ClNO4S/c1-20-12-4-2-8(6-10(12)16)11-5-3-9(21-11)7-13-14(18)17-15(19)22-13/h2-7H,1H3,(H,17,18,19)/b13-7+. The molecule has 3 rings (SSSR count). The molecule has 0 aliphatic carbocycles. The highest BCUT2D eigenvalue weighted by Crippen LogP contribution is 2.32. The second kappa shape index (κ2) is 5.90. The highest BCUT2D eigenvalue weighted by Gasteiger charge is 2.25. The van der Waals surface area contributed by atoms with Crippen molar-refractivity contribution in [2.24, 2.45) is 0 Å². The van der Waals surface area contributed by atoms with Crippen molar-refractivity contribution in [2.45, 2.75) is 0 Å². The number of methoxy groups -OCH3 is 1. The number of carbonyl (C=O) groups excluding carboxylic acids is 2. The van der Waals surface area contributed by atoms with E-state index in [2.05, 4.69) is 5.32 Å². The van der Waals surface area contributed by atoms with E-state index in [9.17, 15) is 9.59 Å². The van der Waals surface area contributed by atoms with E-state index in [0.717, 1.165) is 17.3 Å². The number of furan rings is 1. The summed E-state index contributed by atoms with van der Waals surface area (Å²) in [6, 6.07) is 8.79. The fourth-order valence-corrected chi connectivity index (χ4v) is 2.88. The van der Waals surface area contributed by atoms with Gasteiger partial charge >= 0.3 is 0 Å². The lowest BCUT2D eigenvalue weighted by Gasteiger charge is -2.04. The smallest absolute Gasteiger partial charge is 0.290 e. The Balaban J connectivity index is 1.88. The minimum Gasteiger partial charge on any atom is -0.495 e. The summed E-state index contributed by atoms with van der Waals surface area (Å²) in [6.07, 6.45) is 1.53. The summed E-state index contributed by atoms with van der Waals surface area (Å²) in [7, 11) is 1.55. The van der Waals surface area contributed by atoms with Gasteiger partial charge in [-0.05, 0) is 42.1 Å². The molecule has 1 N–H and O–H groups in total. The molecular weight excluding hydrogens is 326 g/mol.